The van der Waals surface area contributed by atoms with Gasteiger partial charge in [0.25, 0.3) is 5.91 Å². The third-order valence-electron chi connectivity index (χ3n) is 2.80. The van der Waals surface area contributed by atoms with Gasteiger partial charge in [-0.05, 0) is 6.07 Å². The van der Waals surface area contributed by atoms with Crippen LogP contribution in [0.4, 0.5) is 14.5 Å². The molecule has 118 valence electrons. The van der Waals surface area contributed by atoms with Crippen LogP contribution in [0.1, 0.15) is 10.4 Å². The van der Waals surface area contributed by atoms with E-state index in [1.54, 1.807) is 12.2 Å². The van der Waals surface area contributed by atoms with Gasteiger partial charge in [-0.3, -0.25) is 9.59 Å². The number of benzene rings is 1. The molecule has 0 bridgehead atoms. The van der Waals surface area contributed by atoms with E-state index >= 15 is 0 Å². The molecule has 1 aromatic rings. The largest absolute Gasteiger partial charge is 0.374 e. The van der Waals surface area contributed by atoms with Gasteiger partial charge >= 0.3 is 0 Å². The zero-order valence-electron chi connectivity index (χ0n) is 11.9. The predicted octanol–water partition coefficient (Wildman–Crippen LogP) is 1.68. The molecule has 0 aliphatic carbocycles. The van der Waals surface area contributed by atoms with Gasteiger partial charge < -0.3 is 16.0 Å². The van der Waals surface area contributed by atoms with Crippen LogP contribution in [-0.4, -0.2) is 36.3 Å². The highest BCUT2D eigenvalue weighted by Crippen LogP contribution is 2.19. The van der Waals surface area contributed by atoms with Gasteiger partial charge in [-0.2, -0.15) is 0 Å². The number of nitrogens with zero attached hydrogens (tertiary/aromatic N) is 1. The number of carbonyl (C=O) groups is 2. The highest BCUT2D eigenvalue weighted by Gasteiger charge is 2.16. The molecule has 22 heavy (non-hydrogen) atoms. The maximum atomic E-state index is 13.6. The quantitative estimate of drug-likeness (QED) is 0.717. The second kappa shape index (κ2) is 7.92. The SMILES string of the molecule is C=CCN(CC=C)C(=O)CNc1cc(C(N)=O)c(F)cc1F. The first kappa shape index (κ1) is 17.4. The summed E-state index contributed by atoms with van der Waals surface area (Å²) in [7, 11) is 0. The number of hydrogen-bond donors (Lipinski definition) is 2. The Hall–Kier alpha value is -2.70. The second-order valence-corrected chi connectivity index (χ2v) is 4.41. The third-order valence-corrected chi connectivity index (χ3v) is 2.80. The van der Waals surface area contributed by atoms with E-state index in [-0.39, 0.29) is 18.1 Å². The highest BCUT2D eigenvalue weighted by atomic mass is 19.1. The van der Waals surface area contributed by atoms with Crippen LogP contribution in [0.25, 0.3) is 0 Å². The van der Waals surface area contributed by atoms with Crippen molar-refractivity contribution in [2.75, 3.05) is 25.0 Å². The summed E-state index contributed by atoms with van der Waals surface area (Å²) in [6.07, 6.45) is 3.09. The lowest BCUT2D eigenvalue weighted by atomic mass is 10.1. The molecule has 0 aromatic heterocycles. The molecule has 7 heteroatoms. The third kappa shape index (κ3) is 4.41. The van der Waals surface area contributed by atoms with Crippen molar-refractivity contribution in [2.24, 2.45) is 5.73 Å². The second-order valence-electron chi connectivity index (χ2n) is 4.41. The number of hydrogen-bond acceptors (Lipinski definition) is 3. The Balaban J connectivity index is 2.84. The topological polar surface area (TPSA) is 75.4 Å². The number of amides is 2. The van der Waals surface area contributed by atoms with Crippen LogP contribution in [0.5, 0.6) is 0 Å². The van der Waals surface area contributed by atoms with Crippen molar-refractivity contribution in [3.63, 3.8) is 0 Å². The van der Waals surface area contributed by atoms with E-state index in [1.807, 2.05) is 0 Å². The summed E-state index contributed by atoms with van der Waals surface area (Å²) in [4.78, 5) is 24.4. The van der Waals surface area contributed by atoms with Crippen LogP contribution in [0.15, 0.2) is 37.4 Å². The van der Waals surface area contributed by atoms with Crippen molar-refractivity contribution in [3.8, 4) is 0 Å². The Bertz CT molecular complexity index is 593. The highest BCUT2D eigenvalue weighted by molar-refractivity contribution is 5.94. The van der Waals surface area contributed by atoms with Gasteiger partial charge in [-0.15, -0.1) is 13.2 Å². The van der Waals surface area contributed by atoms with E-state index in [4.69, 9.17) is 5.73 Å². The zero-order chi connectivity index (χ0) is 16.7. The first-order chi connectivity index (χ1) is 10.4. The van der Waals surface area contributed by atoms with Gasteiger partial charge in [0.2, 0.25) is 5.91 Å². The molecular formula is C15H17F2N3O2. The molecule has 3 N–H and O–H groups in total. The van der Waals surface area contributed by atoms with Crippen molar-refractivity contribution in [1.29, 1.82) is 0 Å². The number of anilines is 1. The van der Waals surface area contributed by atoms with E-state index in [9.17, 15) is 18.4 Å². The first-order valence-electron chi connectivity index (χ1n) is 6.43. The first-order valence-corrected chi connectivity index (χ1v) is 6.43. The Labute approximate surface area is 127 Å². The Morgan fingerprint density at radius 3 is 2.27 bits per heavy atom. The lowest BCUT2D eigenvalue weighted by Gasteiger charge is -2.20. The summed E-state index contributed by atoms with van der Waals surface area (Å²) in [5, 5.41) is 2.52. The number of nitrogens with one attached hydrogen (secondary N) is 1. The van der Waals surface area contributed by atoms with Crippen molar-refractivity contribution < 1.29 is 18.4 Å². The minimum Gasteiger partial charge on any atom is -0.374 e. The van der Waals surface area contributed by atoms with E-state index < -0.39 is 23.1 Å². The summed E-state index contributed by atoms with van der Waals surface area (Å²) in [5.74, 6) is -3.33. The van der Waals surface area contributed by atoms with Gasteiger partial charge in [0, 0.05) is 19.2 Å². The Morgan fingerprint density at radius 2 is 1.77 bits per heavy atom. The molecule has 0 atom stereocenters. The fraction of sp³-hybridized carbons (Fsp3) is 0.200. The minimum atomic E-state index is -1.05. The fourth-order valence-electron chi connectivity index (χ4n) is 1.75. The maximum Gasteiger partial charge on any atom is 0.251 e. The molecule has 1 rings (SSSR count). The van der Waals surface area contributed by atoms with Crippen LogP contribution in [0, 0.1) is 11.6 Å². The van der Waals surface area contributed by atoms with Gasteiger partial charge in [0.05, 0.1) is 17.8 Å². The number of carbonyl (C=O) groups excluding carboxylic acids is 2. The molecule has 2 amide bonds. The Kier molecular flexibility index (Phi) is 6.25. The van der Waals surface area contributed by atoms with Crippen LogP contribution in [0.3, 0.4) is 0 Å². The Morgan fingerprint density at radius 1 is 1.18 bits per heavy atom. The summed E-state index contributed by atoms with van der Waals surface area (Å²) < 4.78 is 27.0. The maximum absolute atomic E-state index is 13.6. The fourth-order valence-corrected chi connectivity index (χ4v) is 1.75. The molecule has 0 spiro atoms. The van der Waals surface area contributed by atoms with E-state index in [0.29, 0.717) is 19.2 Å². The zero-order valence-corrected chi connectivity index (χ0v) is 11.9. The molecule has 0 fully saturated rings. The summed E-state index contributed by atoms with van der Waals surface area (Å²) in [6.45, 7) is 7.46. The summed E-state index contributed by atoms with van der Waals surface area (Å²) in [5.41, 5.74) is 4.36. The molecule has 1 aromatic carbocycles. The minimum absolute atomic E-state index is 0.180. The molecule has 5 nitrogen and oxygen atoms in total. The van der Waals surface area contributed by atoms with Gasteiger partial charge in [0.1, 0.15) is 11.6 Å². The van der Waals surface area contributed by atoms with E-state index in [2.05, 4.69) is 18.5 Å². The van der Waals surface area contributed by atoms with Crippen molar-refractivity contribution >= 4 is 17.5 Å². The lowest BCUT2D eigenvalue weighted by Crippen LogP contribution is -2.36. The monoisotopic (exact) mass is 309 g/mol. The number of rotatable bonds is 8. The molecule has 0 radical (unpaired) electrons. The lowest BCUT2D eigenvalue weighted by molar-refractivity contribution is -0.128. The van der Waals surface area contributed by atoms with Crippen molar-refractivity contribution in [3.05, 3.63) is 54.6 Å². The molecule has 0 unspecified atom stereocenters. The van der Waals surface area contributed by atoms with Crippen molar-refractivity contribution in [2.45, 2.75) is 0 Å². The van der Waals surface area contributed by atoms with Crippen LogP contribution in [-0.2, 0) is 4.79 Å². The average Bonchev–Trinajstić information content (AvgIpc) is 2.45. The standard InChI is InChI=1S/C15H17F2N3O2/c1-3-5-20(6-4-2)14(21)9-19-13-7-10(15(18)22)11(16)8-12(13)17/h3-4,7-8,19H,1-2,5-6,9H2,(H2,18,22). The molecular weight excluding hydrogens is 292 g/mol. The number of halogens is 2. The molecule has 0 aliphatic heterocycles. The smallest absolute Gasteiger partial charge is 0.251 e. The van der Waals surface area contributed by atoms with Crippen LogP contribution >= 0.6 is 0 Å². The number of primary amides is 1. The molecule has 0 aliphatic rings. The van der Waals surface area contributed by atoms with E-state index in [1.165, 1.54) is 4.90 Å². The molecule has 0 saturated heterocycles. The van der Waals surface area contributed by atoms with Crippen molar-refractivity contribution in [1.82, 2.24) is 4.90 Å². The normalized spacial score (nSPS) is 9.91. The molecule has 0 heterocycles. The predicted molar refractivity (Wildman–Crippen MR) is 80.3 cm³/mol. The van der Waals surface area contributed by atoms with Gasteiger partial charge in [-0.25, -0.2) is 8.78 Å². The summed E-state index contributed by atoms with van der Waals surface area (Å²) >= 11 is 0. The molecule has 0 saturated carbocycles. The van der Waals surface area contributed by atoms with Gasteiger partial charge in [-0.1, -0.05) is 12.2 Å². The number of nitrogens with two attached hydrogens (primary N) is 1. The summed E-state index contributed by atoms with van der Waals surface area (Å²) in [6, 6.07) is 1.48. The van der Waals surface area contributed by atoms with Crippen LogP contribution in [0.2, 0.25) is 0 Å². The van der Waals surface area contributed by atoms with E-state index in [0.717, 1.165) is 6.07 Å². The van der Waals surface area contributed by atoms with Gasteiger partial charge in [0.15, 0.2) is 0 Å². The average molecular weight is 309 g/mol. The van der Waals surface area contributed by atoms with Crippen LogP contribution < -0.4 is 11.1 Å².